The van der Waals surface area contributed by atoms with Gasteiger partial charge in [0.05, 0.1) is 17.6 Å². The van der Waals surface area contributed by atoms with Crippen LogP contribution < -0.4 is 0 Å². The minimum atomic E-state index is -3.73. The molecule has 1 aromatic carbocycles. The largest absolute Gasteiger partial charge is 0.273 e. The first-order chi connectivity index (χ1) is 13.4. The molecule has 0 N–H and O–H groups in total. The molecule has 2 aromatic heterocycles. The molecule has 0 amide bonds. The van der Waals surface area contributed by atoms with Crippen LogP contribution >= 0.6 is 0 Å². The Kier molecular flexibility index (Phi) is 6.00. The van der Waals surface area contributed by atoms with Crippen LogP contribution in [0, 0.1) is 13.8 Å². The molecule has 3 aromatic rings. The van der Waals surface area contributed by atoms with Gasteiger partial charge in [-0.25, -0.2) is 8.42 Å². The highest BCUT2D eigenvalue weighted by Gasteiger charge is 2.31. The van der Waals surface area contributed by atoms with Gasteiger partial charge in [0.25, 0.3) is 0 Å². The maximum atomic E-state index is 13.6. The van der Waals surface area contributed by atoms with Crippen LogP contribution in [-0.2, 0) is 36.2 Å². The van der Waals surface area contributed by atoms with Crippen LogP contribution in [0.15, 0.2) is 47.6 Å². The predicted octanol–water partition coefficient (Wildman–Crippen LogP) is 3.13. The molecule has 150 valence electrons. The van der Waals surface area contributed by atoms with E-state index in [-0.39, 0.29) is 13.1 Å². The van der Waals surface area contributed by atoms with Gasteiger partial charge < -0.3 is 0 Å². The maximum absolute atomic E-state index is 13.6. The summed E-state index contributed by atoms with van der Waals surface area (Å²) in [5.74, 6) is 0. The molecule has 7 nitrogen and oxygen atoms in total. The van der Waals surface area contributed by atoms with Gasteiger partial charge in [-0.2, -0.15) is 14.5 Å². The number of aryl methyl sites for hydroxylation is 3. The molecule has 28 heavy (non-hydrogen) atoms. The summed E-state index contributed by atoms with van der Waals surface area (Å²) in [6, 6.07) is 9.63. The van der Waals surface area contributed by atoms with Crippen LogP contribution in [0.2, 0.25) is 0 Å². The molecule has 0 aliphatic heterocycles. The molecule has 0 unspecified atom stereocenters. The van der Waals surface area contributed by atoms with E-state index in [1.54, 1.807) is 22.5 Å². The van der Waals surface area contributed by atoms with E-state index in [1.165, 1.54) is 4.31 Å². The molecule has 0 aliphatic carbocycles. The first-order valence-corrected chi connectivity index (χ1v) is 10.9. The van der Waals surface area contributed by atoms with E-state index in [2.05, 4.69) is 10.2 Å². The van der Waals surface area contributed by atoms with E-state index in [0.717, 1.165) is 17.7 Å². The fraction of sp³-hybridized carbons (Fsp3) is 0.400. The molecule has 0 atom stereocenters. The standard InChI is InChI=1S/C20H27N5O2S/c1-5-23-13-19(12-21-23)15-24(14-18-10-8-7-9-11-18)28(26,27)20-16(3)22-25(6-2)17(20)4/h7-13H,5-6,14-15H2,1-4H3. The topological polar surface area (TPSA) is 73.0 Å². The fourth-order valence-electron chi connectivity index (χ4n) is 3.37. The van der Waals surface area contributed by atoms with Crippen LogP contribution in [0.4, 0.5) is 0 Å². The van der Waals surface area contributed by atoms with Crippen molar-refractivity contribution in [2.75, 3.05) is 0 Å². The van der Waals surface area contributed by atoms with Crippen molar-refractivity contribution in [2.45, 2.75) is 58.8 Å². The average Bonchev–Trinajstić information content (AvgIpc) is 3.25. The number of rotatable bonds is 8. The highest BCUT2D eigenvalue weighted by molar-refractivity contribution is 7.89. The number of hydrogen-bond acceptors (Lipinski definition) is 4. The van der Waals surface area contributed by atoms with Crippen molar-refractivity contribution in [1.29, 1.82) is 0 Å². The first-order valence-electron chi connectivity index (χ1n) is 9.46. The first kappa shape index (κ1) is 20.3. The molecule has 0 radical (unpaired) electrons. The van der Waals surface area contributed by atoms with Gasteiger partial charge in [-0.15, -0.1) is 0 Å². The third-order valence-electron chi connectivity index (χ3n) is 4.78. The molecule has 2 heterocycles. The monoisotopic (exact) mass is 401 g/mol. The summed E-state index contributed by atoms with van der Waals surface area (Å²) in [4.78, 5) is 0.299. The zero-order chi connectivity index (χ0) is 20.3. The Balaban J connectivity index is 2.02. The van der Waals surface area contributed by atoms with Crippen molar-refractivity contribution >= 4 is 10.0 Å². The number of sulfonamides is 1. The van der Waals surface area contributed by atoms with Crippen molar-refractivity contribution < 1.29 is 8.42 Å². The lowest BCUT2D eigenvalue weighted by Gasteiger charge is -2.22. The Hall–Kier alpha value is -2.45. The smallest absolute Gasteiger partial charge is 0.247 e. The van der Waals surface area contributed by atoms with Crippen LogP contribution in [-0.4, -0.2) is 32.3 Å². The van der Waals surface area contributed by atoms with Gasteiger partial charge in [0.1, 0.15) is 4.90 Å². The molecule has 0 spiro atoms. The SMILES string of the molecule is CCn1cc(CN(Cc2ccccc2)S(=O)(=O)c2c(C)nn(CC)c2C)cn1. The lowest BCUT2D eigenvalue weighted by molar-refractivity contribution is 0.400. The Labute approximate surface area is 166 Å². The molecule has 0 saturated heterocycles. The summed E-state index contributed by atoms with van der Waals surface area (Å²) >= 11 is 0. The number of benzene rings is 1. The Morgan fingerprint density at radius 3 is 2.25 bits per heavy atom. The average molecular weight is 402 g/mol. The Morgan fingerprint density at radius 2 is 1.68 bits per heavy atom. The second-order valence-electron chi connectivity index (χ2n) is 6.78. The van der Waals surface area contributed by atoms with Crippen LogP contribution in [0.25, 0.3) is 0 Å². The maximum Gasteiger partial charge on any atom is 0.247 e. The van der Waals surface area contributed by atoms with E-state index in [1.807, 2.05) is 57.3 Å². The lowest BCUT2D eigenvalue weighted by Crippen LogP contribution is -2.31. The molecule has 0 bridgehead atoms. The van der Waals surface area contributed by atoms with Gasteiger partial charge in [0.2, 0.25) is 10.0 Å². The predicted molar refractivity (Wildman–Crippen MR) is 108 cm³/mol. The normalized spacial score (nSPS) is 12.0. The zero-order valence-corrected chi connectivity index (χ0v) is 17.6. The van der Waals surface area contributed by atoms with Gasteiger partial charge in [-0.05, 0) is 33.3 Å². The minimum absolute atomic E-state index is 0.257. The molecular formula is C20H27N5O2S. The number of nitrogens with zero attached hydrogens (tertiary/aromatic N) is 5. The zero-order valence-electron chi connectivity index (χ0n) is 16.8. The van der Waals surface area contributed by atoms with Crippen LogP contribution in [0.3, 0.4) is 0 Å². The summed E-state index contributed by atoms with van der Waals surface area (Å²) in [7, 11) is -3.73. The van der Waals surface area contributed by atoms with E-state index in [4.69, 9.17) is 0 Å². The van der Waals surface area contributed by atoms with Crippen LogP contribution in [0.5, 0.6) is 0 Å². The van der Waals surface area contributed by atoms with Crippen molar-refractivity contribution in [2.24, 2.45) is 0 Å². The van der Waals surface area contributed by atoms with Gasteiger partial charge in [0, 0.05) is 37.9 Å². The van der Waals surface area contributed by atoms with E-state index in [0.29, 0.717) is 22.8 Å². The molecule has 0 aliphatic rings. The van der Waals surface area contributed by atoms with Crippen LogP contribution in [0.1, 0.15) is 36.4 Å². The van der Waals surface area contributed by atoms with E-state index < -0.39 is 10.0 Å². The quantitative estimate of drug-likeness (QED) is 0.581. The molecule has 8 heteroatoms. The second kappa shape index (κ2) is 8.28. The number of hydrogen-bond donors (Lipinski definition) is 0. The minimum Gasteiger partial charge on any atom is -0.273 e. The second-order valence-corrected chi connectivity index (χ2v) is 8.65. The van der Waals surface area contributed by atoms with Gasteiger partial charge >= 0.3 is 0 Å². The highest BCUT2D eigenvalue weighted by Crippen LogP contribution is 2.26. The third-order valence-corrected chi connectivity index (χ3v) is 6.83. The Morgan fingerprint density at radius 1 is 1.00 bits per heavy atom. The highest BCUT2D eigenvalue weighted by atomic mass is 32.2. The van der Waals surface area contributed by atoms with E-state index in [9.17, 15) is 8.42 Å². The van der Waals surface area contributed by atoms with Crippen molar-refractivity contribution in [3.63, 3.8) is 0 Å². The molecule has 0 fully saturated rings. The van der Waals surface area contributed by atoms with Crippen molar-refractivity contribution in [3.8, 4) is 0 Å². The van der Waals surface area contributed by atoms with Gasteiger partial charge in [-0.3, -0.25) is 9.36 Å². The lowest BCUT2D eigenvalue weighted by atomic mass is 10.2. The third kappa shape index (κ3) is 4.02. The summed E-state index contributed by atoms with van der Waals surface area (Å²) < 4.78 is 32.3. The molecule has 0 saturated carbocycles. The summed E-state index contributed by atoms with van der Waals surface area (Å²) in [5, 5.41) is 8.68. The van der Waals surface area contributed by atoms with Gasteiger partial charge in [0.15, 0.2) is 0 Å². The van der Waals surface area contributed by atoms with Crippen molar-refractivity contribution in [3.05, 3.63) is 65.2 Å². The number of aromatic nitrogens is 4. The molecular weight excluding hydrogens is 374 g/mol. The molecule has 3 rings (SSSR count). The van der Waals surface area contributed by atoms with Crippen molar-refractivity contribution in [1.82, 2.24) is 23.9 Å². The summed E-state index contributed by atoms with van der Waals surface area (Å²) in [6.07, 6.45) is 3.62. The Bertz CT molecular complexity index is 1040. The summed E-state index contributed by atoms with van der Waals surface area (Å²) in [6.45, 7) is 9.44. The fourth-order valence-corrected chi connectivity index (χ4v) is 5.16. The van der Waals surface area contributed by atoms with Gasteiger partial charge in [-0.1, -0.05) is 30.3 Å². The van der Waals surface area contributed by atoms with E-state index >= 15 is 0 Å². The summed E-state index contributed by atoms with van der Waals surface area (Å²) in [5.41, 5.74) is 3.00.